The zero-order valence-corrected chi connectivity index (χ0v) is 8.40. The summed E-state index contributed by atoms with van der Waals surface area (Å²) in [5.41, 5.74) is 0.781. The van der Waals surface area contributed by atoms with Crippen molar-refractivity contribution in [1.29, 1.82) is 0 Å². The van der Waals surface area contributed by atoms with Crippen molar-refractivity contribution in [3.63, 3.8) is 0 Å². The number of nitrogens with zero attached hydrogens (tertiary/aromatic N) is 2. The smallest absolute Gasteiger partial charge is 0.270 e. The summed E-state index contributed by atoms with van der Waals surface area (Å²) in [5, 5.41) is 10.5. The largest absolute Gasteiger partial charge is 0.345 e. The number of hydrogen-bond donors (Lipinski definition) is 1. The Hall–Kier alpha value is -1.88. The fourth-order valence-electron chi connectivity index (χ4n) is 1.19. The van der Waals surface area contributed by atoms with Crippen molar-refractivity contribution in [2.24, 2.45) is 0 Å². The molecular weight excluding hydrogens is 218 g/mol. The topological polar surface area (TPSA) is 71.8 Å². The van der Waals surface area contributed by atoms with Crippen LogP contribution in [-0.4, -0.2) is 14.9 Å². The molecular formula is C9H8ClN3O2. The Morgan fingerprint density at radius 2 is 2.20 bits per heavy atom. The number of nitro groups is 1. The molecule has 1 aromatic heterocycles. The minimum absolute atomic E-state index is 0. The summed E-state index contributed by atoms with van der Waals surface area (Å²) in [6.07, 6.45) is 3.28. The number of halogens is 1. The van der Waals surface area contributed by atoms with Gasteiger partial charge < -0.3 is 4.98 Å². The number of rotatable bonds is 2. The molecule has 0 fully saturated rings. The van der Waals surface area contributed by atoms with E-state index >= 15 is 0 Å². The number of H-pyrrole nitrogens is 1. The Balaban J connectivity index is 0.00000112. The van der Waals surface area contributed by atoms with Crippen LogP contribution in [0.15, 0.2) is 36.7 Å². The average molecular weight is 226 g/mol. The molecule has 1 N–H and O–H groups in total. The number of imidazole rings is 1. The second-order valence-corrected chi connectivity index (χ2v) is 2.75. The van der Waals surface area contributed by atoms with Crippen molar-refractivity contribution in [2.45, 2.75) is 0 Å². The molecule has 1 heterocycles. The number of benzene rings is 1. The molecule has 0 aliphatic heterocycles. The maximum Gasteiger partial charge on any atom is 0.270 e. The monoisotopic (exact) mass is 225 g/mol. The summed E-state index contributed by atoms with van der Waals surface area (Å²) in [6.45, 7) is 0. The predicted molar refractivity (Wildman–Crippen MR) is 57.9 cm³/mol. The van der Waals surface area contributed by atoms with Crippen LogP contribution in [0, 0.1) is 10.1 Å². The molecule has 15 heavy (non-hydrogen) atoms. The maximum atomic E-state index is 10.5. The van der Waals surface area contributed by atoms with Crippen LogP contribution >= 0.6 is 12.4 Å². The lowest BCUT2D eigenvalue weighted by Crippen LogP contribution is -1.88. The highest BCUT2D eigenvalue weighted by atomic mass is 35.5. The van der Waals surface area contributed by atoms with Gasteiger partial charge in [-0.1, -0.05) is 12.1 Å². The van der Waals surface area contributed by atoms with E-state index in [2.05, 4.69) is 9.97 Å². The van der Waals surface area contributed by atoms with Gasteiger partial charge in [-0.3, -0.25) is 10.1 Å². The van der Waals surface area contributed by atoms with Crippen molar-refractivity contribution in [2.75, 3.05) is 0 Å². The summed E-state index contributed by atoms with van der Waals surface area (Å²) in [4.78, 5) is 17.0. The van der Waals surface area contributed by atoms with Crippen LogP contribution in [0.4, 0.5) is 5.69 Å². The number of nitro benzene ring substituents is 1. The van der Waals surface area contributed by atoms with Gasteiger partial charge in [-0.2, -0.15) is 0 Å². The number of aromatic nitrogens is 2. The molecule has 78 valence electrons. The lowest BCUT2D eigenvalue weighted by molar-refractivity contribution is -0.384. The van der Waals surface area contributed by atoms with E-state index in [4.69, 9.17) is 0 Å². The Morgan fingerprint density at radius 1 is 1.40 bits per heavy atom. The van der Waals surface area contributed by atoms with Gasteiger partial charge in [0.2, 0.25) is 0 Å². The van der Waals surface area contributed by atoms with Crippen LogP contribution in [0.3, 0.4) is 0 Å². The van der Waals surface area contributed by atoms with Gasteiger partial charge in [0.25, 0.3) is 5.69 Å². The Labute approximate surface area is 91.7 Å². The Bertz CT molecular complexity index is 456. The lowest BCUT2D eigenvalue weighted by Gasteiger charge is -1.95. The average Bonchev–Trinajstić information content (AvgIpc) is 2.71. The molecule has 0 aliphatic rings. The van der Waals surface area contributed by atoms with E-state index in [-0.39, 0.29) is 18.1 Å². The van der Waals surface area contributed by atoms with Gasteiger partial charge in [-0.15, -0.1) is 12.4 Å². The molecule has 2 aromatic rings. The fourth-order valence-corrected chi connectivity index (χ4v) is 1.19. The first-order chi connectivity index (χ1) is 6.77. The summed E-state index contributed by atoms with van der Waals surface area (Å²) in [7, 11) is 0. The van der Waals surface area contributed by atoms with Crippen LogP contribution in [-0.2, 0) is 0 Å². The first-order valence-corrected chi connectivity index (χ1v) is 4.01. The van der Waals surface area contributed by atoms with Gasteiger partial charge in [0.1, 0.15) is 5.82 Å². The van der Waals surface area contributed by atoms with Gasteiger partial charge in [0, 0.05) is 30.1 Å². The molecule has 6 heteroatoms. The van der Waals surface area contributed by atoms with E-state index in [9.17, 15) is 10.1 Å². The zero-order chi connectivity index (χ0) is 9.97. The number of nitrogens with one attached hydrogen (secondary N) is 1. The molecule has 0 saturated heterocycles. The lowest BCUT2D eigenvalue weighted by atomic mass is 10.2. The molecule has 0 amide bonds. The SMILES string of the molecule is Cl.O=[N+]([O-])c1cccc(-c2ncc[nH]2)c1. The van der Waals surface area contributed by atoms with E-state index in [1.165, 1.54) is 12.1 Å². The van der Waals surface area contributed by atoms with E-state index in [0.29, 0.717) is 11.4 Å². The first kappa shape index (κ1) is 11.2. The second-order valence-electron chi connectivity index (χ2n) is 2.75. The van der Waals surface area contributed by atoms with Crippen molar-refractivity contribution in [1.82, 2.24) is 9.97 Å². The summed E-state index contributed by atoms with van der Waals surface area (Å²) in [5.74, 6) is 0.633. The third kappa shape index (κ3) is 2.32. The molecule has 0 radical (unpaired) electrons. The quantitative estimate of drug-likeness (QED) is 0.630. The van der Waals surface area contributed by atoms with E-state index in [1.54, 1.807) is 24.5 Å². The minimum Gasteiger partial charge on any atom is -0.345 e. The van der Waals surface area contributed by atoms with E-state index in [1.807, 2.05) is 0 Å². The van der Waals surface area contributed by atoms with Gasteiger partial charge in [-0.05, 0) is 0 Å². The zero-order valence-electron chi connectivity index (χ0n) is 7.58. The van der Waals surface area contributed by atoms with Gasteiger partial charge >= 0.3 is 0 Å². The standard InChI is InChI=1S/C9H7N3O2.ClH/c13-12(14)8-3-1-2-7(6-8)9-10-4-5-11-9;/h1-6H,(H,10,11);1H. The highest BCUT2D eigenvalue weighted by Gasteiger charge is 2.07. The van der Waals surface area contributed by atoms with Gasteiger partial charge in [-0.25, -0.2) is 4.98 Å². The van der Waals surface area contributed by atoms with Crippen molar-refractivity contribution in [3.8, 4) is 11.4 Å². The van der Waals surface area contributed by atoms with Crippen molar-refractivity contribution < 1.29 is 4.92 Å². The highest BCUT2D eigenvalue weighted by Crippen LogP contribution is 2.20. The van der Waals surface area contributed by atoms with Gasteiger partial charge in [0.15, 0.2) is 0 Å². The van der Waals surface area contributed by atoms with Crippen LogP contribution in [0.1, 0.15) is 0 Å². The van der Waals surface area contributed by atoms with Crippen LogP contribution < -0.4 is 0 Å². The third-order valence-electron chi connectivity index (χ3n) is 1.83. The molecule has 0 unspecified atom stereocenters. The maximum absolute atomic E-state index is 10.5. The second kappa shape index (κ2) is 4.56. The predicted octanol–water partition coefficient (Wildman–Crippen LogP) is 2.41. The Morgan fingerprint density at radius 3 is 2.80 bits per heavy atom. The van der Waals surface area contributed by atoms with Gasteiger partial charge in [0.05, 0.1) is 4.92 Å². The Kier molecular flexibility index (Phi) is 3.41. The molecule has 2 rings (SSSR count). The molecule has 0 saturated carbocycles. The summed E-state index contributed by atoms with van der Waals surface area (Å²) < 4.78 is 0. The minimum atomic E-state index is -0.424. The summed E-state index contributed by atoms with van der Waals surface area (Å²) in [6, 6.07) is 6.34. The number of non-ortho nitro benzene ring substituents is 1. The van der Waals surface area contributed by atoms with Crippen LogP contribution in [0.5, 0.6) is 0 Å². The van der Waals surface area contributed by atoms with Crippen molar-refractivity contribution in [3.05, 3.63) is 46.8 Å². The molecule has 0 bridgehead atoms. The molecule has 0 atom stereocenters. The summed E-state index contributed by atoms with van der Waals surface area (Å²) >= 11 is 0. The molecule has 1 aromatic carbocycles. The van der Waals surface area contributed by atoms with Crippen LogP contribution in [0.25, 0.3) is 11.4 Å². The van der Waals surface area contributed by atoms with Crippen LogP contribution in [0.2, 0.25) is 0 Å². The molecule has 5 nitrogen and oxygen atoms in total. The van der Waals surface area contributed by atoms with E-state index in [0.717, 1.165) is 0 Å². The number of hydrogen-bond acceptors (Lipinski definition) is 3. The van der Waals surface area contributed by atoms with Crippen molar-refractivity contribution >= 4 is 18.1 Å². The van der Waals surface area contributed by atoms with E-state index < -0.39 is 4.92 Å². The number of aromatic amines is 1. The molecule has 0 spiro atoms. The highest BCUT2D eigenvalue weighted by molar-refractivity contribution is 5.85. The first-order valence-electron chi connectivity index (χ1n) is 4.01. The normalized spacial score (nSPS) is 9.33. The molecule has 0 aliphatic carbocycles. The third-order valence-corrected chi connectivity index (χ3v) is 1.83. The fraction of sp³-hybridized carbons (Fsp3) is 0.